The number of amides is 1. The van der Waals surface area contributed by atoms with E-state index < -0.39 is 0 Å². The summed E-state index contributed by atoms with van der Waals surface area (Å²) in [7, 11) is 0. The quantitative estimate of drug-likeness (QED) is 0.900. The van der Waals surface area contributed by atoms with Gasteiger partial charge in [-0.2, -0.15) is 0 Å². The van der Waals surface area contributed by atoms with E-state index in [4.69, 9.17) is 0 Å². The van der Waals surface area contributed by atoms with Crippen LogP contribution < -0.4 is 5.32 Å². The lowest BCUT2D eigenvalue weighted by Gasteiger charge is -2.22. The molecule has 1 aliphatic rings. The Labute approximate surface area is 121 Å². The maximum absolute atomic E-state index is 12.2. The summed E-state index contributed by atoms with van der Waals surface area (Å²) < 4.78 is 0. The van der Waals surface area contributed by atoms with Crippen molar-refractivity contribution in [1.82, 2.24) is 10.2 Å². The fourth-order valence-electron chi connectivity index (χ4n) is 2.45. The highest BCUT2D eigenvalue weighted by Crippen LogP contribution is 2.12. The van der Waals surface area contributed by atoms with Crippen molar-refractivity contribution in [3.8, 4) is 0 Å². The van der Waals surface area contributed by atoms with E-state index in [-0.39, 0.29) is 18.3 Å². The van der Waals surface area contributed by atoms with Crippen LogP contribution in [0.25, 0.3) is 0 Å². The first-order chi connectivity index (χ1) is 8.79. The van der Waals surface area contributed by atoms with Crippen LogP contribution in [0.1, 0.15) is 31.7 Å². The summed E-state index contributed by atoms with van der Waals surface area (Å²) in [5.41, 5.74) is 1.20. The Kier molecular flexibility index (Phi) is 6.89. The van der Waals surface area contributed by atoms with Gasteiger partial charge in [-0.25, -0.2) is 0 Å². The zero-order valence-electron chi connectivity index (χ0n) is 11.5. The molecule has 1 fully saturated rings. The SMILES string of the molecule is CCN(Cc1ccccc1)C(=O)CC1CCCN1.Cl. The van der Waals surface area contributed by atoms with Crippen LogP contribution in [0.3, 0.4) is 0 Å². The van der Waals surface area contributed by atoms with Gasteiger partial charge in [0.1, 0.15) is 0 Å². The van der Waals surface area contributed by atoms with Gasteiger partial charge in [0, 0.05) is 25.6 Å². The third-order valence-electron chi connectivity index (χ3n) is 3.53. The van der Waals surface area contributed by atoms with Crippen molar-refractivity contribution in [3.05, 3.63) is 35.9 Å². The zero-order chi connectivity index (χ0) is 12.8. The van der Waals surface area contributed by atoms with E-state index in [2.05, 4.69) is 17.4 Å². The van der Waals surface area contributed by atoms with Crippen LogP contribution in [0.15, 0.2) is 30.3 Å². The molecule has 1 unspecified atom stereocenters. The molecule has 1 amide bonds. The molecule has 1 N–H and O–H groups in total. The van der Waals surface area contributed by atoms with E-state index in [0.29, 0.717) is 12.5 Å². The van der Waals surface area contributed by atoms with Crippen molar-refractivity contribution in [2.75, 3.05) is 13.1 Å². The first kappa shape index (κ1) is 16.0. The Morgan fingerprint density at radius 3 is 2.68 bits per heavy atom. The fourth-order valence-corrected chi connectivity index (χ4v) is 2.45. The number of nitrogens with zero attached hydrogens (tertiary/aromatic N) is 1. The molecule has 0 bridgehead atoms. The Bertz CT molecular complexity index is 377. The van der Waals surface area contributed by atoms with Gasteiger partial charge in [0.05, 0.1) is 0 Å². The van der Waals surface area contributed by atoms with Crippen molar-refractivity contribution in [2.45, 2.75) is 38.8 Å². The number of benzene rings is 1. The van der Waals surface area contributed by atoms with Crippen molar-refractivity contribution >= 4 is 18.3 Å². The number of halogens is 1. The molecule has 1 atom stereocenters. The molecule has 0 saturated carbocycles. The highest BCUT2D eigenvalue weighted by Gasteiger charge is 2.20. The molecule has 1 saturated heterocycles. The zero-order valence-corrected chi connectivity index (χ0v) is 12.3. The number of hydrogen-bond acceptors (Lipinski definition) is 2. The normalized spacial score (nSPS) is 17.8. The average molecular weight is 283 g/mol. The van der Waals surface area contributed by atoms with E-state index in [1.165, 1.54) is 12.0 Å². The first-order valence-corrected chi connectivity index (χ1v) is 6.84. The molecule has 0 spiro atoms. The molecule has 0 radical (unpaired) electrons. The highest BCUT2D eigenvalue weighted by atomic mass is 35.5. The van der Waals surface area contributed by atoms with Crippen molar-refractivity contribution in [3.63, 3.8) is 0 Å². The summed E-state index contributed by atoms with van der Waals surface area (Å²) in [4.78, 5) is 14.2. The maximum atomic E-state index is 12.2. The topological polar surface area (TPSA) is 32.3 Å². The fraction of sp³-hybridized carbons (Fsp3) is 0.533. The molecule has 1 aromatic carbocycles. The van der Waals surface area contributed by atoms with Crippen molar-refractivity contribution in [1.29, 1.82) is 0 Å². The lowest BCUT2D eigenvalue weighted by atomic mass is 10.1. The minimum Gasteiger partial charge on any atom is -0.339 e. The van der Waals surface area contributed by atoms with E-state index in [1.54, 1.807) is 0 Å². The summed E-state index contributed by atoms with van der Waals surface area (Å²) in [5, 5.41) is 3.38. The van der Waals surface area contributed by atoms with E-state index in [0.717, 1.165) is 26.1 Å². The third-order valence-corrected chi connectivity index (χ3v) is 3.53. The van der Waals surface area contributed by atoms with Crippen LogP contribution in [-0.2, 0) is 11.3 Å². The summed E-state index contributed by atoms with van der Waals surface area (Å²) in [5.74, 6) is 0.265. The Morgan fingerprint density at radius 1 is 1.37 bits per heavy atom. The summed E-state index contributed by atoms with van der Waals surface area (Å²) in [6, 6.07) is 10.6. The largest absolute Gasteiger partial charge is 0.339 e. The second-order valence-electron chi connectivity index (χ2n) is 4.89. The van der Waals surface area contributed by atoms with Gasteiger partial charge in [0.2, 0.25) is 5.91 Å². The molecule has 0 aromatic heterocycles. The number of hydrogen-bond donors (Lipinski definition) is 1. The van der Waals surface area contributed by atoms with Gasteiger partial charge in [0.15, 0.2) is 0 Å². The Morgan fingerprint density at radius 2 is 2.11 bits per heavy atom. The lowest BCUT2D eigenvalue weighted by molar-refractivity contribution is -0.132. The maximum Gasteiger partial charge on any atom is 0.224 e. The van der Waals surface area contributed by atoms with Crippen molar-refractivity contribution < 1.29 is 4.79 Å². The first-order valence-electron chi connectivity index (χ1n) is 6.84. The number of carbonyl (C=O) groups is 1. The molecule has 3 nitrogen and oxygen atoms in total. The molecule has 4 heteroatoms. The van der Waals surface area contributed by atoms with E-state index in [9.17, 15) is 4.79 Å². The van der Waals surface area contributed by atoms with Crippen molar-refractivity contribution in [2.24, 2.45) is 0 Å². The second kappa shape index (κ2) is 8.18. The molecule has 0 aliphatic carbocycles. The summed E-state index contributed by atoms with van der Waals surface area (Å²) in [6.07, 6.45) is 2.97. The molecular formula is C15H23ClN2O. The summed E-state index contributed by atoms with van der Waals surface area (Å²) in [6.45, 7) is 4.61. The second-order valence-corrected chi connectivity index (χ2v) is 4.89. The van der Waals surface area contributed by atoms with Crippen LogP contribution in [0.2, 0.25) is 0 Å². The van der Waals surface area contributed by atoms with Crippen LogP contribution in [0, 0.1) is 0 Å². The minimum atomic E-state index is 0. The standard InChI is InChI=1S/C15H22N2O.ClH/c1-2-17(12-13-7-4-3-5-8-13)15(18)11-14-9-6-10-16-14;/h3-5,7-8,14,16H,2,6,9-12H2,1H3;1H. The van der Waals surface area contributed by atoms with Crippen LogP contribution >= 0.6 is 12.4 Å². The third kappa shape index (κ3) is 4.84. The van der Waals surface area contributed by atoms with Gasteiger partial charge in [-0.3, -0.25) is 4.79 Å². The lowest BCUT2D eigenvalue weighted by Crippen LogP contribution is -2.35. The van der Waals surface area contributed by atoms with Gasteiger partial charge in [-0.1, -0.05) is 30.3 Å². The van der Waals surface area contributed by atoms with Gasteiger partial charge in [-0.05, 0) is 31.9 Å². The van der Waals surface area contributed by atoms with Gasteiger partial charge >= 0.3 is 0 Å². The van der Waals surface area contributed by atoms with E-state index >= 15 is 0 Å². The smallest absolute Gasteiger partial charge is 0.224 e. The Balaban J connectivity index is 0.00000180. The van der Waals surface area contributed by atoms with E-state index in [1.807, 2.05) is 30.0 Å². The van der Waals surface area contributed by atoms with Gasteiger partial charge in [-0.15, -0.1) is 12.4 Å². The molecular weight excluding hydrogens is 260 g/mol. The Hall–Kier alpha value is -1.06. The summed E-state index contributed by atoms with van der Waals surface area (Å²) >= 11 is 0. The number of rotatable bonds is 5. The molecule has 19 heavy (non-hydrogen) atoms. The van der Waals surface area contributed by atoms with Crippen LogP contribution in [-0.4, -0.2) is 29.9 Å². The van der Waals surface area contributed by atoms with Gasteiger partial charge < -0.3 is 10.2 Å². The van der Waals surface area contributed by atoms with Crippen LogP contribution in [0.4, 0.5) is 0 Å². The van der Waals surface area contributed by atoms with Gasteiger partial charge in [0.25, 0.3) is 0 Å². The molecule has 1 heterocycles. The molecule has 1 aliphatic heterocycles. The highest BCUT2D eigenvalue weighted by molar-refractivity contribution is 5.85. The molecule has 2 rings (SSSR count). The predicted octanol–water partition coefficient (Wildman–Crippen LogP) is 2.60. The predicted molar refractivity (Wildman–Crippen MR) is 80.4 cm³/mol. The number of carbonyl (C=O) groups excluding carboxylic acids is 1. The molecule has 1 aromatic rings. The van der Waals surface area contributed by atoms with Crippen LogP contribution in [0.5, 0.6) is 0 Å². The average Bonchev–Trinajstić information content (AvgIpc) is 2.90. The number of nitrogens with one attached hydrogen (secondary N) is 1. The molecule has 106 valence electrons. The monoisotopic (exact) mass is 282 g/mol. The minimum absolute atomic E-state index is 0.